The van der Waals surface area contributed by atoms with Gasteiger partial charge in [0.05, 0.1) is 13.2 Å². The first-order chi connectivity index (χ1) is 11.7. The average Bonchev–Trinajstić information content (AvgIpc) is 2.62. The molecule has 2 rings (SSSR count). The smallest absolute Gasteiger partial charge is 0.119 e. The van der Waals surface area contributed by atoms with Crippen LogP contribution in [0.25, 0.3) is 0 Å². The molecule has 2 heteroatoms. The lowest BCUT2D eigenvalue weighted by Crippen LogP contribution is -2.11. The summed E-state index contributed by atoms with van der Waals surface area (Å²) in [7, 11) is 1.70. The van der Waals surface area contributed by atoms with E-state index in [0.29, 0.717) is 6.04 Å². The van der Waals surface area contributed by atoms with Gasteiger partial charge in [0.25, 0.3) is 0 Å². The minimum absolute atomic E-state index is 0.362. The fourth-order valence-electron chi connectivity index (χ4n) is 2.96. The molecule has 24 heavy (non-hydrogen) atoms. The average molecular weight is 325 g/mol. The number of aryl methyl sites for hydroxylation is 1. The van der Waals surface area contributed by atoms with E-state index in [1.54, 1.807) is 7.11 Å². The molecular weight excluding hydrogens is 294 g/mol. The van der Waals surface area contributed by atoms with E-state index in [0.717, 1.165) is 11.4 Å². The summed E-state index contributed by atoms with van der Waals surface area (Å²) < 4.78 is 5.25. The lowest BCUT2D eigenvalue weighted by molar-refractivity contribution is 0.415. The molecule has 0 aliphatic rings. The number of ether oxygens (including phenoxy) is 1. The normalized spacial score (nSPS) is 12.0. The van der Waals surface area contributed by atoms with Gasteiger partial charge in [-0.05, 0) is 43.2 Å². The molecule has 0 radical (unpaired) electrons. The van der Waals surface area contributed by atoms with Crippen LogP contribution in [0.1, 0.15) is 62.6 Å². The zero-order valence-electron chi connectivity index (χ0n) is 15.3. The second kappa shape index (κ2) is 10.0. The van der Waals surface area contributed by atoms with Crippen LogP contribution in [0.5, 0.6) is 5.75 Å². The van der Waals surface area contributed by atoms with E-state index in [1.165, 1.54) is 49.7 Å². The maximum atomic E-state index is 5.25. The molecule has 0 fully saturated rings. The molecule has 0 amide bonds. The van der Waals surface area contributed by atoms with E-state index in [9.17, 15) is 0 Å². The van der Waals surface area contributed by atoms with Crippen molar-refractivity contribution in [3.05, 3.63) is 59.7 Å². The van der Waals surface area contributed by atoms with Crippen molar-refractivity contribution in [2.24, 2.45) is 0 Å². The zero-order valence-corrected chi connectivity index (χ0v) is 15.3. The summed E-state index contributed by atoms with van der Waals surface area (Å²) in [5.74, 6) is 0.895. The van der Waals surface area contributed by atoms with Gasteiger partial charge in [0.2, 0.25) is 0 Å². The monoisotopic (exact) mass is 325 g/mol. The minimum Gasteiger partial charge on any atom is -0.497 e. The quantitative estimate of drug-likeness (QED) is 0.502. The summed E-state index contributed by atoms with van der Waals surface area (Å²) in [6.07, 6.45) is 7.74. The van der Waals surface area contributed by atoms with Gasteiger partial charge in [-0.25, -0.2) is 0 Å². The maximum Gasteiger partial charge on any atom is 0.119 e. The van der Waals surface area contributed by atoms with Gasteiger partial charge in [0.1, 0.15) is 5.75 Å². The molecule has 1 N–H and O–H groups in total. The lowest BCUT2D eigenvalue weighted by atomic mass is 9.98. The summed E-state index contributed by atoms with van der Waals surface area (Å²) in [6, 6.07) is 17.5. The molecule has 0 aliphatic heterocycles. The zero-order chi connectivity index (χ0) is 17.2. The summed E-state index contributed by atoms with van der Waals surface area (Å²) in [6.45, 7) is 4.40. The van der Waals surface area contributed by atoms with Crippen LogP contribution in [0, 0.1) is 6.92 Å². The van der Waals surface area contributed by atoms with Gasteiger partial charge in [0.15, 0.2) is 0 Å². The molecule has 2 nitrogen and oxygen atoms in total. The number of unbranched alkanes of at least 4 members (excludes halogenated alkanes) is 4. The molecule has 1 atom stereocenters. The Kier molecular flexibility index (Phi) is 7.67. The first kappa shape index (κ1) is 18.4. The largest absolute Gasteiger partial charge is 0.497 e. The van der Waals surface area contributed by atoms with Crippen LogP contribution in [0.3, 0.4) is 0 Å². The highest BCUT2D eigenvalue weighted by atomic mass is 16.5. The molecular formula is C22H31NO. The Morgan fingerprint density at radius 1 is 0.875 bits per heavy atom. The van der Waals surface area contributed by atoms with Gasteiger partial charge < -0.3 is 10.1 Å². The number of methoxy groups -OCH3 is 1. The molecule has 0 saturated carbocycles. The third kappa shape index (κ3) is 5.92. The van der Waals surface area contributed by atoms with Crippen LogP contribution in [-0.2, 0) is 0 Å². The fraction of sp³-hybridized carbons (Fsp3) is 0.455. The van der Waals surface area contributed by atoms with E-state index in [-0.39, 0.29) is 0 Å². The number of nitrogens with one attached hydrogen (secondary N) is 1. The van der Waals surface area contributed by atoms with Crippen molar-refractivity contribution >= 4 is 5.69 Å². The minimum atomic E-state index is 0.362. The van der Waals surface area contributed by atoms with E-state index in [1.807, 2.05) is 12.1 Å². The Morgan fingerprint density at radius 3 is 2.17 bits per heavy atom. The van der Waals surface area contributed by atoms with E-state index >= 15 is 0 Å². The molecule has 0 heterocycles. The fourth-order valence-corrected chi connectivity index (χ4v) is 2.96. The van der Waals surface area contributed by atoms with Crippen LogP contribution in [-0.4, -0.2) is 7.11 Å². The van der Waals surface area contributed by atoms with E-state index < -0.39 is 0 Å². The highest BCUT2D eigenvalue weighted by Gasteiger charge is 2.11. The molecule has 2 aromatic carbocycles. The summed E-state index contributed by atoms with van der Waals surface area (Å²) >= 11 is 0. The van der Waals surface area contributed by atoms with Gasteiger partial charge >= 0.3 is 0 Å². The van der Waals surface area contributed by atoms with Gasteiger partial charge in [-0.15, -0.1) is 0 Å². The molecule has 0 saturated heterocycles. The molecule has 1 unspecified atom stereocenters. The molecule has 0 aromatic heterocycles. The third-order valence-electron chi connectivity index (χ3n) is 4.51. The molecule has 0 aliphatic carbocycles. The lowest BCUT2D eigenvalue weighted by Gasteiger charge is -2.21. The van der Waals surface area contributed by atoms with Crippen molar-refractivity contribution in [1.82, 2.24) is 0 Å². The van der Waals surface area contributed by atoms with Crippen LogP contribution >= 0.6 is 0 Å². The summed E-state index contributed by atoms with van der Waals surface area (Å²) in [5, 5.41) is 3.70. The number of anilines is 1. The van der Waals surface area contributed by atoms with Crippen molar-refractivity contribution in [2.75, 3.05) is 12.4 Å². The molecule has 0 spiro atoms. The van der Waals surface area contributed by atoms with Crippen LogP contribution < -0.4 is 10.1 Å². The van der Waals surface area contributed by atoms with Crippen molar-refractivity contribution in [2.45, 2.75) is 58.4 Å². The highest BCUT2D eigenvalue weighted by molar-refractivity contribution is 5.48. The van der Waals surface area contributed by atoms with Crippen LogP contribution in [0.4, 0.5) is 5.69 Å². The van der Waals surface area contributed by atoms with Crippen molar-refractivity contribution in [1.29, 1.82) is 0 Å². The Bertz CT molecular complexity index is 574. The number of hydrogen-bond acceptors (Lipinski definition) is 2. The number of hydrogen-bond donors (Lipinski definition) is 1. The van der Waals surface area contributed by atoms with E-state index in [4.69, 9.17) is 4.74 Å². The Balaban J connectivity index is 2.01. The first-order valence-corrected chi connectivity index (χ1v) is 9.20. The highest BCUT2D eigenvalue weighted by Crippen LogP contribution is 2.26. The summed E-state index contributed by atoms with van der Waals surface area (Å²) in [4.78, 5) is 0. The predicted molar refractivity (Wildman–Crippen MR) is 104 cm³/mol. The van der Waals surface area contributed by atoms with Gasteiger partial charge in [-0.3, -0.25) is 0 Å². The van der Waals surface area contributed by atoms with Gasteiger partial charge in [-0.2, -0.15) is 0 Å². The van der Waals surface area contributed by atoms with E-state index in [2.05, 4.69) is 55.6 Å². The Hall–Kier alpha value is -1.96. The Morgan fingerprint density at radius 2 is 1.54 bits per heavy atom. The van der Waals surface area contributed by atoms with Crippen LogP contribution in [0.15, 0.2) is 48.5 Å². The van der Waals surface area contributed by atoms with Gasteiger partial charge in [-0.1, -0.05) is 68.9 Å². The molecule has 130 valence electrons. The second-order valence-corrected chi connectivity index (χ2v) is 6.54. The Labute approximate surface area is 147 Å². The topological polar surface area (TPSA) is 21.3 Å². The van der Waals surface area contributed by atoms with Crippen molar-refractivity contribution < 1.29 is 4.74 Å². The van der Waals surface area contributed by atoms with Crippen molar-refractivity contribution in [3.63, 3.8) is 0 Å². The third-order valence-corrected chi connectivity index (χ3v) is 4.51. The number of rotatable bonds is 10. The van der Waals surface area contributed by atoms with Crippen molar-refractivity contribution in [3.8, 4) is 5.75 Å². The first-order valence-electron chi connectivity index (χ1n) is 9.20. The SMILES string of the molecule is CCCCCCCC(Nc1ccc(OC)cc1)c1ccc(C)cc1. The standard InChI is InChI=1S/C22H31NO/c1-4-5-6-7-8-9-22(19-12-10-18(2)11-13-19)23-20-14-16-21(24-3)17-15-20/h10-17,22-23H,4-9H2,1-3H3. The maximum absolute atomic E-state index is 5.25. The predicted octanol–water partition coefficient (Wildman–Crippen LogP) is 6.52. The summed E-state index contributed by atoms with van der Waals surface area (Å²) in [5.41, 5.74) is 3.83. The van der Waals surface area contributed by atoms with Gasteiger partial charge in [0, 0.05) is 5.69 Å². The molecule has 2 aromatic rings. The number of benzene rings is 2. The second-order valence-electron chi connectivity index (χ2n) is 6.54. The van der Waals surface area contributed by atoms with Crippen LogP contribution in [0.2, 0.25) is 0 Å². The molecule has 0 bridgehead atoms.